The van der Waals surface area contributed by atoms with Gasteiger partial charge in [0.15, 0.2) is 5.78 Å². The maximum atomic E-state index is 12.4. The Morgan fingerprint density at radius 3 is 2.35 bits per heavy atom. The monoisotopic (exact) mass is 271 g/mol. The van der Waals surface area contributed by atoms with Crippen LogP contribution in [0.25, 0.3) is 0 Å². The second-order valence-electron chi connectivity index (χ2n) is 5.85. The minimum absolute atomic E-state index is 0.0875. The van der Waals surface area contributed by atoms with Gasteiger partial charge in [-0.05, 0) is 31.2 Å². The summed E-state index contributed by atoms with van der Waals surface area (Å²) < 4.78 is 0. The van der Waals surface area contributed by atoms with Gasteiger partial charge in [-0.3, -0.25) is 9.59 Å². The average Bonchev–Trinajstić information content (AvgIpc) is 2.49. The highest BCUT2D eigenvalue weighted by Gasteiger charge is 2.38. The van der Waals surface area contributed by atoms with Crippen LogP contribution < -0.4 is 0 Å². The molecule has 106 valence electrons. The minimum atomic E-state index is -0.179. The fourth-order valence-corrected chi connectivity index (χ4v) is 3.54. The molecule has 2 unspecified atom stereocenters. The lowest BCUT2D eigenvalue weighted by Gasteiger charge is -2.42. The van der Waals surface area contributed by atoms with Gasteiger partial charge in [0.1, 0.15) is 0 Å². The Labute approximate surface area is 120 Å². The minimum Gasteiger partial charge on any atom is -0.326 e. The zero-order chi connectivity index (χ0) is 13.9. The van der Waals surface area contributed by atoms with Crippen LogP contribution in [0.4, 0.5) is 0 Å². The van der Waals surface area contributed by atoms with E-state index in [4.69, 9.17) is 0 Å². The first-order valence-electron chi connectivity index (χ1n) is 7.66. The smallest absolute Gasteiger partial charge is 0.223 e. The summed E-state index contributed by atoms with van der Waals surface area (Å²) >= 11 is 0. The summed E-state index contributed by atoms with van der Waals surface area (Å²) in [5.74, 6) is 0.415. The third-order valence-electron chi connectivity index (χ3n) is 4.53. The van der Waals surface area contributed by atoms with Crippen molar-refractivity contribution < 1.29 is 9.59 Å². The lowest BCUT2D eigenvalue weighted by Crippen LogP contribution is -2.50. The molecular weight excluding hydrogens is 250 g/mol. The summed E-state index contributed by atoms with van der Waals surface area (Å²) in [4.78, 5) is 26.5. The van der Waals surface area contributed by atoms with Crippen LogP contribution >= 0.6 is 0 Å². The molecular formula is C17H21NO2. The second kappa shape index (κ2) is 5.78. The number of likely N-dealkylation sites (tertiary alicyclic amines) is 1. The van der Waals surface area contributed by atoms with Gasteiger partial charge in [-0.15, -0.1) is 0 Å². The van der Waals surface area contributed by atoms with Crippen molar-refractivity contribution in [3.8, 4) is 0 Å². The Balaban J connectivity index is 1.90. The predicted molar refractivity (Wildman–Crippen MR) is 77.1 cm³/mol. The summed E-state index contributed by atoms with van der Waals surface area (Å²) in [5.41, 5.74) is 1.17. The third-order valence-corrected chi connectivity index (χ3v) is 4.53. The van der Waals surface area contributed by atoms with E-state index >= 15 is 0 Å². The van der Waals surface area contributed by atoms with Crippen LogP contribution in [0.3, 0.4) is 0 Å². The molecule has 0 aromatic heterocycles. The van der Waals surface area contributed by atoms with E-state index in [2.05, 4.69) is 12.1 Å². The molecule has 1 aromatic rings. The Kier molecular flexibility index (Phi) is 3.86. The SMILES string of the molecule is O=C1CCCCC1N1C(=O)CCCC1c1ccccc1. The van der Waals surface area contributed by atoms with Crippen molar-refractivity contribution in [2.24, 2.45) is 0 Å². The fourth-order valence-electron chi connectivity index (χ4n) is 3.54. The van der Waals surface area contributed by atoms with E-state index < -0.39 is 0 Å². The highest BCUT2D eigenvalue weighted by Crippen LogP contribution is 2.36. The number of carbonyl (C=O) groups excluding carboxylic acids is 2. The molecule has 1 aromatic carbocycles. The summed E-state index contributed by atoms with van der Waals surface area (Å²) in [6.45, 7) is 0. The summed E-state index contributed by atoms with van der Waals surface area (Å²) in [6.07, 6.45) is 6.00. The summed E-state index contributed by atoms with van der Waals surface area (Å²) in [5, 5.41) is 0. The topological polar surface area (TPSA) is 37.4 Å². The number of hydrogen-bond acceptors (Lipinski definition) is 2. The van der Waals surface area contributed by atoms with Gasteiger partial charge in [-0.25, -0.2) is 0 Å². The van der Waals surface area contributed by atoms with Gasteiger partial charge in [0.25, 0.3) is 0 Å². The lowest BCUT2D eigenvalue weighted by atomic mass is 9.87. The van der Waals surface area contributed by atoms with Gasteiger partial charge in [-0.1, -0.05) is 36.8 Å². The summed E-state index contributed by atoms with van der Waals surface area (Å²) in [7, 11) is 0. The van der Waals surface area contributed by atoms with Crippen molar-refractivity contribution in [1.82, 2.24) is 4.90 Å². The Morgan fingerprint density at radius 2 is 1.60 bits per heavy atom. The lowest BCUT2D eigenvalue weighted by molar-refractivity contribution is -0.146. The molecule has 3 heteroatoms. The van der Waals surface area contributed by atoms with E-state index in [1.165, 1.54) is 5.56 Å². The van der Waals surface area contributed by atoms with Crippen molar-refractivity contribution >= 4 is 11.7 Å². The molecule has 0 bridgehead atoms. The van der Waals surface area contributed by atoms with Crippen molar-refractivity contribution in [2.75, 3.05) is 0 Å². The first-order valence-corrected chi connectivity index (χ1v) is 7.66. The van der Waals surface area contributed by atoms with Gasteiger partial charge < -0.3 is 4.90 Å². The van der Waals surface area contributed by atoms with Crippen LogP contribution in [0.2, 0.25) is 0 Å². The van der Waals surface area contributed by atoms with Crippen LogP contribution in [-0.4, -0.2) is 22.6 Å². The fraction of sp³-hybridized carbons (Fsp3) is 0.529. The first-order chi connectivity index (χ1) is 9.77. The molecule has 2 aliphatic rings. The van der Waals surface area contributed by atoms with Gasteiger partial charge in [0, 0.05) is 12.8 Å². The standard InChI is InChI=1S/C17H21NO2/c19-16-11-5-4-9-15(16)18-14(10-6-12-17(18)20)13-7-2-1-3-8-13/h1-3,7-8,14-15H,4-6,9-12H2. The first kappa shape index (κ1) is 13.3. The molecule has 3 rings (SSSR count). The van der Waals surface area contributed by atoms with E-state index in [0.717, 1.165) is 32.1 Å². The largest absolute Gasteiger partial charge is 0.326 e. The molecule has 0 spiro atoms. The quantitative estimate of drug-likeness (QED) is 0.828. The molecule has 1 aliphatic carbocycles. The van der Waals surface area contributed by atoms with Gasteiger partial charge in [-0.2, -0.15) is 0 Å². The van der Waals surface area contributed by atoms with Crippen LogP contribution in [0.5, 0.6) is 0 Å². The van der Waals surface area contributed by atoms with E-state index in [1.807, 2.05) is 23.1 Å². The predicted octanol–water partition coefficient (Wildman–Crippen LogP) is 3.25. The van der Waals surface area contributed by atoms with Crippen molar-refractivity contribution in [3.63, 3.8) is 0 Å². The third kappa shape index (κ3) is 2.49. The van der Waals surface area contributed by atoms with Gasteiger partial charge in [0.2, 0.25) is 5.91 Å². The maximum Gasteiger partial charge on any atom is 0.223 e. The van der Waals surface area contributed by atoms with E-state index in [1.54, 1.807) is 0 Å². The van der Waals surface area contributed by atoms with Crippen molar-refractivity contribution in [1.29, 1.82) is 0 Å². The van der Waals surface area contributed by atoms with E-state index in [0.29, 0.717) is 12.8 Å². The van der Waals surface area contributed by atoms with Crippen LogP contribution in [-0.2, 0) is 9.59 Å². The number of Topliss-reactive ketones (excluding diaryl/α,β-unsaturated/α-hetero) is 1. The van der Waals surface area contributed by atoms with Crippen LogP contribution in [0.1, 0.15) is 56.6 Å². The Morgan fingerprint density at radius 1 is 0.850 bits per heavy atom. The second-order valence-corrected chi connectivity index (χ2v) is 5.85. The molecule has 20 heavy (non-hydrogen) atoms. The molecule has 0 N–H and O–H groups in total. The molecule has 0 radical (unpaired) electrons. The molecule has 2 atom stereocenters. The molecule has 1 aliphatic heterocycles. The van der Waals surface area contributed by atoms with E-state index in [-0.39, 0.29) is 23.8 Å². The van der Waals surface area contributed by atoms with Crippen molar-refractivity contribution in [2.45, 2.75) is 57.0 Å². The molecule has 1 saturated carbocycles. The average molecular weight is 271 g/mol. The van der Waals surface area contributed by atoms with Crippen molar-refractivity contribution in [3.05, 3.63) is 35.9 Å². The number of hydrogen-bond donors (Lipinski definition) is 0. The number of piperidine rings is 1. The molecule has 1 amide bonds. The van der Waals surface area contributed by atoms with Crippen LogP contribution in [0, 0.1) is 0 Å². The highest BCUT2D eigenvalue weighted by molar-refractivity contribution is 5.90. The maximum absolute atomic E-state index is 12.4. The number of amides is 1. The number of carbonyl (C=O) groups is 2. The van der Waals surface area contributed by atoms with E-state index in [9.17, 15) is 9.59 Å². The molecule has 2 fully saturated rings. The number of nitrogens with zero attached hydrogens (tertiary/aromatic N) is 1. The van der Waals surface area contributed by atoms with Gasteiger partial charge >= 0.3 is 0 Å². The van der Waals surface area contributed by atoms with Gasteiger partial charge in [0.05, 0.1) is 12.1 Å². The zero-order valence-corrected chi connectivity index (χ0v) is 11.8. The zero-order valence-electron chi connectivity index (χ0n) is 11.8. The Bertz CT molecular complexity index is 497. The Hall–Kier alpha value is -1.64. The number of rotatable bonds is 2. The molecule has 3 nitrogen and oxygen atoms in total. The molecule has 1 heterocycles. The molecule has 1 saturated heterocycles. The normalized spacial score (nSPS) is 27.7. The highest BCUT2D eigenvalue weighted by atomic mass is 16.2. The number of benzene rings is 1. The van der Waals surface area contributed by atoms with Crippen LogP contribution in [0.15, 0.2) is 30.3 Å². The summed E-state index contributed by atoms with van der Waals surface area (Å²) in [6, 6.07) is 10.1. The number of ketones is 1.